The molecule has 5 heteroatoms. The summed E-state index contributed by atoms with van der Waals surface area (Å²) in [6.07, 6.45) is 22.8. The molecule has 0 N–H and O–H groups in total. The summed E-state index contributed by atoms with van der Waals surface area (Å²) in [6.45, 7) is 6.70. The lowest BCUT2D eigenvalue weighted by Crippen LogP contribution is -2.25. The molecule has 1 aromatic heterocycles. The summed E-state index contributed by atoms with van der Waals surface area (Å²) in [5, 5.41) is 0. The fourth-order valence-corrected chi connectivity index (χ4v) is 5.52. The van der Waals surface area contributed by atoms with E-state index in [0.29, 0.717) is 11.6 Å². The van der Waals surface area contributed by atoms with Crippen molar-refractivity contribution in [1.29, 1.82) is 0 Å². The Balaban J connectivity index is 1.45. The first-order valence-electron chi connectivity index (χ1n) is 15.4. The molecule has 1 fully saturated rings. The van der Waals surface area contributed by atoms with Crippen LogP contribution < -0.4 is 9.47 Å². The van der Waals surface area contributed by atoms with Crippen molar-refractivity contribution < 1.29 is 14.3 Å². The lowest BCUT2D eigenvalue weighted by atomic mass is 9.80. The molecule has 210 valence electrons. The molecular weight excluding hydrogens is 472 g/mol. The Hall–Kier alpha value is -2.43. The van der Waals surface area contributed by atoms with E-state index in [9.17, 15) is 4.79 Å². The molecule has 1 atom stereocenters. The van der Waals surface area contributed by atoms with Gasteiger partial charge < -0.3 is 9.47 Å². The Kier molecular flexibility index (Phi) is 13.6. The van der Waals surface area contributed by atoms with Crippen molar-refractivity contribution in [2.45, 2.75) is 130 Å². The van der Waals surface area contributed by atoms with Crippen molar-refractivity contribution in [2.75, 3.05) is 0 Å². The van der Waals surface area contributed by atoms with Crippen LogP contribution in [0.25, 0.3) is 11.4 Å². The number of hydrogen-bond acceptors (Lipinski definition) is 5. The van der Waals surface area contributed by atoms with Crippen molar-refractivity contribution in [3.63, 3.8) is 0 Å². The number of hydrogen-bond donors (Lipinski definition) is 0. The van der Waals surface area contributed by atoms with Gasteiger partial charge in [0.25, 0.3) is 0 Å². The van der Waals surface area contributed by atoms with Gasteiger partial charge in [0, 0.05) is 5.56 Å². The van der Waals surface area contributed by atoms with Crippen LogP contribution in [0.2, 0.25) is 0 Å². The molecule has 1 saturated carbocycles. The highest BCUT2D eigenvalue weighted by atomic mass is 16.5. The maximum atomic E-state index is 12.7. The van der Waals surface area contributed by atoms with Crippen LogP contribution in [0.3, 0.4) is 0 Å². The highest BCUT2D eigenvalue weighted by Gasteiger charge is 2.27. The zero-order chi connectivity index (χ0) is 27.0. The van der Waals surface area contributed by atoms with Crippen LogP contribution in [-0.4, -0.2) is 22.0 Å². The molecule has 2 aromatic rings. The zero-order valence-electron chi connectivity index (χ0n) is 24.1. The molecule has 1 aliphatic rings. The summed E-state index contributed by atoms with van der Waals surface area (Å²) in [7, 11) is 0. The van der Waals surface area contributed by atoms with Crippen LogP contribution in [0.5, 0.6) is 11.5 Å². The fourth-order valence-electron chi connectivity index (χ4n) is 5.52. The van der Waals surface area contributed by atoms with Gasteiger partial charge in [-0.3, -0.25) is 4.79 Å². The Morgan fingerprint density at radius 3 is 2.11 bits per heavy atom. The predicted octanol–water partition coefficient (Wildman–Crippen LogP) is 9.34. The van der Waals surface area contributed by atoms with Crippen LogP contribution >= 0.6 is 0 Å². The lowest BCUT2D eigenvalue weighted by Gasteiger charge is -2.27. The van der Waals surface area contributed by atoms with E-state index in [1.807, 2.05) is 24.3 Å². The minimum absolute atomic E-state index is 0.0286. The number of nitrogens with zero attached hydrogens (tertiary/aromatic N) is 2. The minimum atomic E-state index is -0.0884. The topological polar surface area (TPSA) is 61.3 Å². The summed E-state index contributed by atoms with van der Waals surface area (Å²) in [5.74, 6) is 2.69. The molecule has 0 saturated heterocycles. The highest BCUT2D eigenvalue weighted by molar-refractivity contribution is 5.75. The van der Waals surface area contributed by atoms with E-state index in [0.717, 1.165) is 62.2 Å². The number of esters is 1. The molecule has 1 aromatic carbocycles. The fraction of sp³-hybridized carbons (Fsp3) is 0.667. The molecule has 0 aliphatic heterocycles. The van der Waals surface area contributed by atoms with Crippen LogP contribution in [0.1, 0.15) is 124 Å². The number of ether oxygens (including phenoxy) is 2. The van der Waals surface area contributed by atoms with Crippen LogP contribution in [0.15, 0.2) is 36.7 Å². The highest BCUT2D eigenvalue weighted by Crippen LogP contribution is 2.33. The maximum Gasteiger partial charge on any atom is 0.314 e. The Morgan fingerprint density at radius 2 is 1.45 bits per heavy atom. The van der Waals surface area contributed by atoms with Gasteiger partial charge in [-0.15, -0.1) is 0 Å². The van der Waals surface area contributed by atoms with Gasteiger partial charge >= 0.3 is 5.97 Å². The maximum absolute atomic E-state index is 12.7. The standard InChI is InChI=1S/C33H50N2O3/c1-4-7-9-10-12-15-29(13-6-3)37-31-24-34-32(35-25-31)27-20-22-30(23-21-27)38-33(36)28-18-16-26(17-19-28)14-11-8-5-2/h20-26,28-29H,4-19H2,1-3H3. The smallest absolute Gasteiger partial charge is 0.314 e. The van der Waals surface area contributed by atoms with Gasteiger partial charge in [-0.2, -0.15) is 0 Å². The number of aromatic nitrogens is 2. The lowest BCUT2D eigenvalue weighted by molar-refractivity contribution is -0.140. The molecule has 1 unspecified atom stereocenters. The zero-order valence-corrected chi connectivity index (χ0v) is 24.1. The van der Waals surface area contributed by atoms with E-state index in [-0.39, 0.29) is 18.0 Å². The predicted molar refractivity (Wildman–Crippen MR) is 155 cm³/mol. The van der Waals surface area contributed by atoms with Gasteiger partial charge in [0.05, 0.1) is 24.4 Å². The summed E-state index contributed by atoms with van der Waals surface area (Å²) >= 11 is 0. The summed E-state index contributed by atoms with van der Waals surface area (Å²) < 4.78 is 11.9. The van der Waals surface area contributed by atoms with E-state index in [1.165, 1.54) is 57.8 Å². The Morgan fingerprint density at radius 1 is 0.789 bits per heavy atom. The van der Waals surface area contributed by atoms with E-state index in [2.05, 4.69) is 30.7 Å². The molecule has 0 spiro atoms. The van der Waals surface area contributed by atoms with Gasteiger partial charge in [-0.25, -0.2) is 9.97 Å². The van der Waals surface area contributed by atoms with Gasteiger partial charge in [-0.1, -0.05) is 78.6 Å². The van der Waals surface area contributed by atoms with E-state index in [1.54, 1.807) is 12.4 Å². The third-order valence-electron chi connectivity index (χ3n) is 7.90. The third kappa shape index (κ3) is 10.4. The first-order chi connectivity index (χ1) is 18.6. The van der Waals surface area contributed by atoms with Crippen molar-refractivity contribution in [3.8, 4) is 22.9 Å². The SMILES string of the molecule is CCCCCCCC(CCC)Oc1cnc(-c2ccc(OC(=O)C3CCC(CCCCC)CC3)cc2)nc1. The average molecular weight is 523 g/mol. The van der Waals surface area contributed by atoms with Crippen LogP contribution in [-0.2, 0) is 4.79 Å². The van der Waals surface area contributed by atoms with Gasteiger partial charge in [0.2, 0.25) is 0 Å². The number of benzene rings is 1. The number of unbranched alkanes of at least 4 members (excludes halogenated alkanes) is 6. The van der Waals surface area contributed by atoms with E-state index < -0.39 is 0 Å². The molecule has 3 rings (SSSR count). The third-order valence-corrected chi connectivity index (χ3v) is 7.90. The second kappa shape index (κ2) is 17.2. The molecule has 0 radical (unpaired) electrons. The Labute approximate surface area is 231 Å². The van der Waals surface area contributed by atoms with Crippen molar-refractivity contribution in [2.24, 2.45) is 11.8 Å². The van der Waals surface area contributed by atoms with Crippen molar-refractivity contribution >= 4 is 5.97 Å². The second-order valence-electron chi connectivity index (χ2n) is 11.1. The summed E-state index contributed by atoms with van der Waals surface area (Å²) in [6, 6.07) is 7.51. The van der Waals surface area contributed by atoms with E-state index in [4.69, 9.17) is 9.47 Å². The average Bonchev–Trinajstić information content (AvgIpc) is 2.94. The monoisotopic (exact) mass is 522 g/mol. The van der Waals surface area contributed by atoms with Crippen LogP contribution in [0, 0.1) is 11.8 Å². The molecular formula is C33H50N2O3. The molecule has 0 bridgehead atoms. The first-order valence-corrected chi connectivity index (χ1v) is 15.4. The quantitative estimate of drug-likeness (QED) is 0.118. The van der Waals surface area contributed by atoms with Gasteiger partial charge in [0.15, 0.2) is 11.6 Å². The molecule has 5 nitrogen and oxygen atoms in total. The molecule has 1 heterocycles. The van der Waals surface area contributed by atoms with E-state index >= 15 is 0 Å². The molecule has 1 aliphatic carbocycles. The number of carbonyl (C=O) groups is 1. The largest absolute Gasteiger partial charge is 0.487 e. The minimum Gasteiger partial charge on any atom is -0.487 e. The first kappa shape index (κ1) is 30.1. The second-order valence-corrected chi connectivity index (χ2v) is 11.1. The van der Waals surface area contributed by atoms with Crippen molar-refractivity contribution in [1.82, 2.24) is 9.97 Å². The number of carbonyl (C=O) groups excluding carboxylic acids is 1. The van der Waals surface area contributed by atoms with Crippen molar-refractivity contribution in [3.05, 3.63) is 36.7 Å². The van der Waals surface area contributed by atoms with Crippen LogP contribution in [0.4, 0.5) is 0 Å². The molecule has 0 amide bonds. The number of rotatable bonds is 17. The summed E-state index contributed by atoms with van der Waals surface area (Å²) in [5.41, 5.74) is 0.893. The summed E-state index contributed by atoms with van der Waals surface area (Å²) in [4.78, 5) is 21.8. The normalized spacial score (nSPS) is 18.2. The Bertz CT molecular complexity index is 905. The molecule has 38 heavy (non-hydrogen) atoms. The van der Waals surface area contributed by atoms with Gasteiger partial charge in [0.1, 0.15) is 5.75 Å². The van der Waals surface area contributed by atoms with Gasteiger partial charge in [-0.05, 0) is 75.1 Å².